The Morgan fingerprint density at radius 2 is 2.35 bits per heavy atom. The fraction of sp³-hybridized carbons (Fsp3) is 0.529. The van der Waals surface area contributed by atoms with Gasteiger partial charge in [0, 0.05) is 32.5 Å². The Labute approximate surface area is 135 Å². The monoisotopic (exact) mass is 317 g/mol. The molecule has 0 aromatic carbocycles. The average Bonchev–Trinajstić information content (AvgIpc) is 3.14. The maximum absolute atomic E-state index is 12.1. The summed E-state index contributed by atoms with van der Waals surface area (Å²) >= 11 is 0. The summed E-state index contributed by atoms with van der Waals surface area (Å²) in [7, 11) is 1.96. The molecule has 3 rings (SSSR count). The molecule has 23 heavy (non-hydrogen) atoms. The predicted molar refractivity (Wildman–Crippen MR) is 84.8 cm³/mol. The molecule has 0 saturated carbocycles. The van der Waals surface area contributed by atoms with Gasteiger partial charge in [-0.3, -0.25) is 4.79 Å². The minimum Gasteiger partial charge on any atom is -0.466 e. The summed E-state index contributed by atoms with van der Waals surface area (Å²) in [4.78, 5) is 16.3. The highest BCUT2D eigenvalue weighted by atomic mass is 16.5. The normalized spacial score (nSPS) is 21.3. The van der Waals surface area contributed by atoms with Crippen molar-refractivity contribution >= 4 is 5.91 Å². The summed E-state index contributed by atoms with van der Waals surface area (Å²) in [5.41, 5.74) is 1.05. The Morgan fingerprint density at radius 3 is 3.04 bits per heavy atom. The zero-order chi connectivity index (χ0) is 16.2. The van der Waals surface area contributed by atoms with Crippen molar-refractivity contribution in [2.24, 2.45) is 7.05 Å². The standard InChI is InChI=1S/C17H23N3O3/c1-12-3-4-14(23-12)5-6-17(21)19-13-7-8-22-16(9-13)15-10-18-11-20(15)2/h3-4,10-11,13,16H,5-9H2,1-2H3,(H,19,21)/t13-,16+/m1/s1. The Hall–Kier alpha value is -2.08. The summed E-state index contributed by atoms with van der Waals surface area (Å²) in [6.45, 7) is 2.56. The first-order valence-corrected chi connectivity index (χ1v) is 8.04. The first-order valence-electron chi connectivity index (χ1n) is 8.04. The molecule has 3 heterocycles. The number of ether oxygens (including phenoxy) is 1. The fourth-order valence-corrected chi connectivity index (χ4v) is 2.97. The van der Waals surface area contributed by atoms with Crippen LogP contribution in [0.3, 0.4) is 0 Å². The van der Waals surface area contributed by atoms with E-state index in [1.807, 2.05) is 36.9 Å². The van der Waals surface area contributed by atoms with Crippen LogP contribution in [0.15, 0.2) is 29.1 Å². The van der Waals surface area contributed by atoms with E-state index in [-0.39, 0.29) is 18.1 Å². The van der Waals surface area contributed by atoms with Crippen LogP contribution in [-0.2, 0) is 23.0 Å². The van der Waals surface area contributed by atoms with Gasteiger partial charge in [0.1, 0.15) is 17.6 Å². The average molecular weight is 317 g/mol. The second-order valence-electron chi connectivity index (χ2n) is 6.09. The molecule has 1 N–H and O–H groups in total. The second-order valence-corrected chi connectivity index (χ2v) is 6.09. The van der Waals surface area contributed by atoms with Crippen LogP contribution >= 0.6 is 0 Å². The molecule has 124 valence electrons. The van der Waals surface area contributed by atoms with Crippen molar-refractivity contribution in [3.8, 4) is 0 Å². The minimum atomic E-state index is -0.00530. The highest BCUT2D eigenvalue weighted by Crippen LogP contribution is 2.27. The van der Waals surface area contributed by atoms with Crippen LogP contribution in [0.1, 0.15) is 42.6 Å². The topological polar surface area (TPSA) is 69.3 Å². The SMILES string of the molecule is Cc1ccc(CCC(=O)N[C@@H]2CCO[C@H](c3cncn3C)C2)o1. The van der Waals surface area contributed by atoms with Crippen LogP contribution in [0.4, 0.5) is 0 Å². The highest BCUT2D eigenvalue weighted by molar-refractivity contribution is 5.76. The van der Waals surface area contributed by atoms with E-state index in [4.69, 9.17) is 9.15 Å². The Bertz CT molecular complexity index is 662. The number of carbonyl (C=O) groups is 1. The number of nitrogens with one attached hydrogen (secondary N) is 1. The molecule has 6 nitrogen and oxygen atoms in total. The molecule has 1 saturated heterocycles. The Kier molecular flexibility index (Phi) is 4.81. The number of nitrogens with zero attached hydrogens (tertiary/aromatic N) is 2. The van der Waals surface area contributed by atoms with Crippen molar-refractivity contribution in [1.82, 2.24) is 14.9 Å². The van der Waals surface area contributed by atoms with Crippen LogP contribution in [0.25, 0.3) is 0 Å². The van der Waals surface area contributed by atoms with E-state index < -0.39 is 0 Å². The number of aromatic nitrogens is 2. The van der Waals surface area contributed by atoms with Gasteiger partial charge in [0.05, 0.1) is 18.2 Å². The van der Waals surface area contributed by atoms with E-state index in [1.54, 1.807) is 6.33 Å². The highest BCUT2D eigenvalue weighted by Gasteiger charge is 2.26. The first-order chi connectivity index (χ1) is 11.1. The van der Waals surface area contributed by atoms with E-state index in [2.05, 4.69) is 10.3 Å². The van der Waals surface area contributed by atoms with Crippen LogP contribution < -0.4 is 5.32 Å². The molecule has 0 radical (unpaired) electrons. The van der Waals surface area contributed by atoms with Gasteiger partial charge in [0.15, 0.2) is 0 Å². The van der Waals surface area contributed by atoms with Crippen molar-refractivity contribution in [1.29, 1.82) is 0 Å². The largest absolute Gasteiger partial charge is 0.466 e. The van der Waals surface area contributed by atoms with Crippen molar-refractivity contribution in [3.63, 3.8) is 0 Å². The predicted octanol–water partition coefficient (Wildman–Crippen LogP) is 2.29. The van der Waals surface area contributed by atoms with Gasteiger partial charge < -0.3 is 19.0 Å². The summed E-state index contributed by atoms with van der Waals surface area (Å²) < 4.78 is 13.3. The van der Waals surface area contributed by atoms with Crippen LogP contribution in [0.2, 0.25) is 0 Å². The number of rotatable bonds is 5. The Morgan fingerprint density at radius 1 is 1.48 bits per heavy atom. The molecule has 0 aliphatic carbocycles. The lowest BCUT2D eigenvalue weighted by atomic mass is 10.0. The lowest BCUT2D eigenvalue weighted by Crippen LogP contribution is -2.40. The molecule has 0 bridgehead atoms. The molecule has 1 fully saturated rings. The lowest BCUT2D eigenvalue weighted by Gasteiger charge is -2.30. The number of aryl methyl sites for hydroxylation is 3. The van der Waals surface area contributed by atoms with Crippen LogP contribution in [0, 0.1) is 6.92 Å². The Balaban J connectivity index is 1.49. The number of hydrogen-bond donors (Lipinski definition) is 1. The first kappa shape index (κ1) is 15.8. The number of carbonyl (C=O) groups excluding carboxylic acids is 1. The van der Waals surface area contributed by atoms with Gasteiger partial charge in [-0.15, -0.1) is 0 Å². The molecule has 1 aliphatic heterocycles. The molecule has 2 atom stereocenters. The zero-order valence-corrected chi connectivity index (χ0v) is 13.6. The van der Waals surface area contributed by atoms with E-state index in [1.165, 1.54) is 0 Å². The van der Waals surface area contributed by atoms with E-state index >= 15 is 0 Å². The number of imidazole rings is 1. The number of hydrogen-bond acceptors (Lipinski definition) is 4. The van der Waals surface area contributed by atoms with Crippen molar-refractivity contribution in [2.45, 2.75) is 44.8 Å². The molecule has 0 spiro atoms. The molecule has 1 aliphatic rings. The quantitative estimate of drug-likeness (QED) is 0.918. The lowest BCUT2D eigenvalue weighted by molar-refractivity contribution is -0.123. The second kappa shape index (κ2) is 7.00. The van der Waals surface area contributed by atoms with Gasteiger partial charge in [0.2, 0.25) is 5.91 Å². The van der Waals surface area contributed by atoms with Crippen LogP contribution in [0.5, 0.6) is 0 Å². The van der Waals surface area contributed by atoms with E-state index in [0.717, 1.165) is 30.1 Å². The molecule has 0 unspecified atom stereocenters. The third-order valence-corrected chi connectivity index (χ3v) is 4.23. The third-order valence-electron chi connectivity index (χ3n) is 4.23. The summed E-state index contributed by atoms with van der Waals surface area (Å²) in [5.74, 6) is 1.80. The van der Waals surface area contributed by atoms with E-state index in [0.29, 0.717) is 19.4 Å². The number of amides is 1. The van der Waals surface area contributed by atoms with Gasteiger partial charge in [-0.05, 0) is 31.9 Å². The summed E-state index contributed by atoms with van der Waals surface area (Å²) in [6, 6.07) is 3.99. The van der Waals surface area contributed by atoms with Crippen molar-refractivity contribution in [3.05, 3.63) is 41.9 Å². The molecule has 6 heteroatoms. The van der Waals surface area contributed by atoms with Gasteiger partial charge in [-0.25, -0.2) is 4.98 Å². The smallest absolute Gasteiger partial charge is 0.220 e. The van der Waals surface area contributed by atoms with Crippen molar-refractivity contribution in [2.75, 3.05) is 6.61 Å². The number of furan rings is 1. The molecule has 2 aromatic heterocycles. The third kappa shape index (κ3) is 4.01. The fourth-order valence-electron chi connectivity index (χ4n) is 2.97. The van der Waals surface area contributed by atoms with Gasteiger partial charge in [-0.1, -0.05) is 0 Å². The van der Waals surface area contributed by atoms with E-state index in [9.17, 15) is 4.79 Å². The molecule has 1 amide bonds. The maximum atomic E-state index is 12.1. The maximum Gasteiger partial charge on any atom is 0.220 e. The zero-order valence-electron chi connectivity index (χ0n) is 13.6. The van der Waals surface area contributed by atoms with Crippen LogP contribution in [-0.4, -0.2) is 28.1 Å². The summed E-state index contributed by atoms with van der Waals surface area (Å²) in [5, 5.41) is 3.12. The molecular weight excluding hydrogens is 294 g/mol. The molecule has 2 aromatic rings. The van der Waals surface area contributed by atoms with Gasteiger partial charge in [-0.2, -0.15) is 0 Å². The molecular formula is C17H23N3O3. The summed E-state index contributed by atoms with van der Waals surface area (Å²) in [6.07, 6.45) is 6.30. The van der Waals surface area contributed by atoms with Gasteiger partial charge >= 0.3 is 0 Å². The van der Waals surface area contributed by atoms with Crippen molar-refractivity contribution < 1.29 is 13.9 Å². The minimum absolute atomic E-state index is 0.00530. The van der Waals surface area contributed by atoms with Gasteiger partial charge in [0.25, 0.3) is 0 Å².